The van der Waals surface area contributed by atoms with Gasteiger partial charge in [0, 0.05) is 38.9 Å². The minimum Gasteiger partial charge on any atom is -0.319 e. The Hall–Kier alpha value is -3.29. The summed E-state index contributed by atoms with van der Waals surface area (Å²) in [5.41, 5.74) is 4.37. The molecule has 2 aromatic rings. The first kappa shape index (κ1) is 24.8. The predicted octanol–water partition coefficient (Wildman–Crippen LogP) is 4.62. The molecule has 35 heavy (non-hydrogen) atoms. The van der Waals surface area contributed by atoms with Crippen LogP contribution in [0.3, 0.4) is 0 Å². The van der Waals surface area contributed by atoms with Crippen molar-refractivity contribution >= 4 is 29.0 Å². The van der Waals surface area contributed by atoms with Crippen LogP contribution in [0.4, 0.5) is 17.2 Å². The minimum absolute atomic E-state index is 0.0858. The molecule has 0 saturated carbocycles. The molecule has 1 N–H and O–H groups in total. The minimum atomic E-state index is -0.233. The number of benzene rings is 1. The van der Waals surface area contributed by atoms with Crippen LogP contribution in [0, 0.1) is 0 Å². The van der Waals surface area contributed by atoms with Gasteiger partial charge in [-0.25, -0.2) is 4.98 Å². The number of allylic oxidation sites excluding steroid dienone is 3. The van der Waals surface area contributed by atoms with Gasteiger partial charge in [0.25, 0.3) is 5.91 Å². The van der Waals surface area contributed by atoms with Gasteiger partial charge in [0.15, 0.2) is 5.82 Å². The Morgan fingerprint density at radius 2 is 1.74 bits per heavy atom. The molecule has 4 rings (SSSR count). The maximum absolute atomic E-state index is 13.6. The number of pyridine rings is 1. The van der Waals surface area contributed by atoms with Gasteiger partial charge in [-0.05, 0) is 57.9 Å². The Bertz CT molecular complexity index is 1130. The number of piperazine rings is 1. The summed E-state index contributed by atoms with van der Waals surface area (Å²) in [5.74, 6) is 0.142. The first-order valence-corrected chi connectivity index (χ1v) is 12.3. The molecule has 0 spiro atoms. The van der Waals surface area contributed by atoms with Gasteiger partial charge >= 0.3 is 0 Å². The molecular formula is C28H35N5O2. The number of anilines is 3. The van der Waals surface area contributed by atoms with Crippen LogP contribution in [0.25, 0.3) is 0 Å². The van der Waals surface area contributed by atoms with Gasteiger partial charge in [-0.1, -0.05) is 35.4 Å². The molecule has 2 amide bonds. The summed E-state index contributed by atoms with van der Waals surface area (Å²) in [5, 5.41) is 2.89. The molecule has 7 nitrogen and oxygen atoms in total. The van der Waals surface area contributed by atoms with Gasteiger partial charge in [-0.2, -0.15) is 0 Å². The number of para-hydroxylation sites is 1. The third-order valence-corrected chi connectivity index (χ3v) is 6.50. The van der Waals surface area contributed by atoms with E-state index in [0.29, 0.717) is 22.8 Å². The van der Waals surface area contributed by atoms with E-state index in [1.54, 1.807) is 41.4 Å². The molecule has 0 atom stereocenters. The van der Waals surface area contributed by atoms with Crippen LogP contribution in [0.15, 0.2) is 65.9 Å². The topological polar surface area (TPSA) is 68.8 Å². The maximum Gasteiger partial charge on any atom is 0.257 e. The average molecular weight is 474 g/mol. The van der Waals surface area contributed by atoms with Crippen molar-refractivity contribution in [1.29, 1.82) is 0 Å². The van der Waals surface area contributed by atoms with E-state index >= 15 is 0 Å². The van der Waals surface area contributed by atoms with Crippen molar-refractivity contribution in [3.63, 3.8) is 0 Å². The number of hydrogen-bond acceptors (Lipinski definition) is 5. The van der Waals surface area contributed by atoms with Crippen molar-refractivity contribution in [3.8, 4) is 0 Å². The number of carbonyl (C=O) groups excluding carboxylic acids is 2. The number of rotatable bonds is 7. The molecule has 0 radical (unpaired) electrons. The second kappa shape index (κ2) is 11.4. The smallest absolute Gasteiger partial charge is 0.257 e. The highest BCUT2D eigenvalue weighted by molar-refractivity contribution is 6.17. The third-order valence-electron chi connectivity index (χ3n) is 6.50. The Balaban J connectivity index is 1.38. The summed E-state index contributed by atoms with van der Waals surface area (Å²) in [6.07, 6.45) is 8.46. The summed E-state index contributed by atoms with van der Waals surface area (Å²) in [7, 11) is 0. The van der Waals surface area contributed by atoms with Crippen LogP contribution in [-0.4, -0.2) is 65.9 Å². The largest absolute Gasteiger partial charge is 0.319 e. The first-order valence-electron chi connectivity index (χ1n) is 12.3. The zero-order valence-corrected chi connectivity index (χ0v) is 21.0. The molecule has 1 aromatic carbocycles. The molecule has 1 fully saturated rings. The third kappa shape index (κ3) is 6.24. The van der Waals surface area contributed by atoms with Gasteiger partial charge in [0.05, 0.1) is 23.5 Å². The fraction of sp³-hybridized carbons (Fsp3) is 0.393. The molecule has 0 bridgehead atoms. The molecule has 0 unspecified atom stereocenters. The number of amides is 2. The molecule has 7 heteroatoms. The monoisotopic (exact) mass is 473 g/mol. The Kier molecular flexibility index (Phi) is 8.10. The van der Waals surface area contributed by atoms with Gasteiger partial charge in [-0.15, -0.1) is 0 Å². The Morgan fingerprint density at radius 3 is 2.51 bits per heavy atom. The van der Waals surface area contributed by atoms with Crippen LogP contribution in [0.2, 0.25) is 0 Å². The Morgan fingerprint density at radius 1 is 1.00 bits per heavy atom. The number of carbonyl (C=O) groups is 2. The van der Waals surface area contributed by atoms with Crippen molar-refractivity contribution in [3.05, 3.63) is 71.5 Å². The Labute approximate surface area is 208 Å². The number of hydrogen-bond donors (Lipinski definition) is 1. The molecule has 2 aliphatic heterocycles. The van der Waals surface area contributed by atoms with Gasteiger partial charge in [-0.3, -0.25) is 24.3 Å². The van der Waals surface area contributed by atoms with Crippen LogP contribution in [0.5, 0.6) is 0 Å². The quantitative estimate of drug-likeness (QED) is 0.594. The highest BCUT2D eigenvalue weighted by Crippen LogP contribution is 2.36. The van der Waals surface area contributed by atoms with Crippen molar-refractivity contribution in [1.82, 2.24) is 14.8 Å². The zero-order chi connectivity index (χ0) is 24.8. The van der Waals surface area contributed by atoms with Gasteiger partial charge in [0.2, 0.25) is 5.91 Å². The first-order chi connectivity index (χ1) is 16.9. The number of aromatic nitrogens is 1. The molecule has 2 aliphatic rings. The predicted molar refractivity (Wildman–Crippen MR) is 141 cm³/mol. The van der Waals surface area contributed by atoms with Gasteiger partial charge < -0.3 is 5.32 Å². The van der Waals surface area contributed by atoms with E-state index in [2.05, 4.69) is 53.0 Å². The van der Waals surface area contributed by atoms with Crippen molar-refractivity contribution in [2.75, 3.05) is 49.5 Å². The number of fused-ring (bicyclic) bond motifs is 2. The summed E-state index contributed by atoms with van der Waals surface area (Å²) >= 11 is 0. The fourth-order valence-electron chi connectivity index (χ4n) is 4.46. The summed E-state index contributed by atoms with van der Waals surface area (Å²) in [4.78, 5) is 37.0. The van der Waals surface area contributed by atoms with Crippen LogP contribution >= 0.6 is 0 Å². The average Bonchev–Trinajstić information content (AvgIpc) is 2.97. The molecular weight excluding hydrogens is 438 g/mol. The second-order valence-corrected chi connectivity index (χ2v) is 9.52. The lowest BCUT2D eigenvalue weighted by atomic mass is 10.1. The van der Waals surface area contributed by atoms with Crippen LogP contribution in [-0.2, 0) is 4.79 Å². The number of nitrogens with zero attached hydrogens (tertiary/aromatic N) is 4. The highest BCUT2D eigenvalue weighted by atomic mass is 16.2. The van der Waals surface area contributed by atoms with Crippen molar-refractivity contribution in [2.45, 2.75) is 33.6 Å². The van der Waals surface area contributed by atoms with E-state index in [0.717, 1.165) is 45.6 Å². The normalized spacial score (nSPS) is 16.7. The van der Waals surface area contributed by atoms with E-state index in [1.807, 2.05) is 6.07 Å². The molecule has 1 aromatic heterocycles. The van der Waals surface area contributed by atoms with E-state index in [4.69, 9.17) is 0 Å². The van der Waals surface area contributed by atoms with E-state index < -0.39 is 0 Å². The molecule has 3 heterocycles. The maximum atomic E-state index is 13.6. The second-order valence-electron chi connectivity index (χ2n) is 9.52. The summed E-state index contributed by atoms with van der Waals surface area (Å²) in [6, 6.07) is 10.7. The van der Waals surface area contributed by atoms with Crippen LogP contribution < -0.4 is 10.2 Å². The molecule has 1 saturated heterocycles. The van der Waals surface area contributed by atoms with E-state index in [9.17, 15) is 9.59 Å². The van der Waals surface area contributed by atoms with Gasteiger partial charge in [0.1, 0.15) is 0 Å². The van der Waals surface area contributed by atoms with E-state index in [-0.39, 0.29) is 18.4 Å². The standard InChI is InChI=1S/C28H35N5O2/c1-21(2)8-6-9-22(3)13-15-31-16-18-32(19-17-31)20-26(34)33-25-12-5-4-10-23(25)28(35)30-24-11-7-14-29-27(24)33/h4-5,7-8,10-14H,6,9,15-20H2,1-3H3,(H,30,35)/b22-13-. The summed E-state index contributed by atoms with van der Waals surface area (Å²) in [6.45, 7) is 11.2. The molecule has 0 aliphatic carbocycles. The number of nitrogens with one attached hydrogen (secondary N) is 1. The SMILES string of the molecule is CC(C)=CCC/C(C)=C\CN1CCN(CC(=O)N2c3ccccc3C(=O)Nc3cccnc32)CC1. The van der Waals surface area contributed by atoms with Crippen molar-refractivity contribution in [2.24, 2.45) is 0 Å². The summed E-state index contributed by atoms with van der Waals surface area (Å²) < 4.78 is 0. The lowest BCUT2D eigenvalue weighted by Crippen LogP contribution is -2.49. The zero-order valence-electron chi connectivity index (χ0n) is 21.0. The van der Waals surface area contributed by atoms with Crippen LogP contribution in [0.1, 0.15) is 44.0 Å². The van der Waals surface area contributed by atoms with E-state index in [1.165, 1.54) is 11.1 Å². The lowest BCUT2D eigenvalue weighted by molar-refractivity contribution is -0.119. The fourth-order valence-corrected chi connectivity index (χ4v) is 4.46. The molecule has 184 valence electrons. The highest BCUT2D eigenvalue weighted by Gasteiger charge is 2.31. The lowest BCUT2D eigenvalue weighted by Gasteiger charge is -2.35. The van der Waals surface area contributed by atoms with Crippen molar-refractivity contribution < 1.29 is 9.59 Å².